The summed E-state index contributed by atoms with van der Waals surface area (Å²) in [4.78, 5) is 16.4. The van der Waals surface area contributed by atoms with E-state index >= 15 is 0 Å². The lowest BCUT2D eigenvalue weighted by atomic mass is 9.94. The van der Waals surface area contributed by atoms with Crippen LogP contribution in [0.1, 0.15) is 50.4 Å². The van der Waals surface area contributed by atoms with Gasteiger partial charge in [0.25, 0.3) is 5.89 Å². The second kappa shape index (κ2) is 10.3. The molecule has 0 fully saturated rings. The Morgan fingerprint density at radius 1 is 0.947 bits per heavy atom. The summed E-state index contributed by atoms with van der Waals surface area (Å²) in [5.41, 5.74) is 1.55. The van der Waals surface area contributed by atoms with Crippen LogP contribution in [-0.2, 0) is 10.9 Å². The van der Waals surface area contributed by atoms with Crippen LogP contribution in [0.25, 0.3) is 34.0 Å². The first-order valence-electron chi connectivity index (χ1n) is 12.0. The van der Waals surface area contributed by atoms with Crippen molar-refractivity contribution in [2.75, 3.05) is 0 Å². The Bertz CT molecular complexity index is 1440. The van der Waals surface area contributed by atoms with Crippen molar-refractivity contribution in [3.8, 4) is 34.0 Å². The van der Waals surface area contributed by atoms with Gasteiger partial charge < -0.3 is 14.6 Å². The van der Waals surface area contributed by atoms with Gasteiger partial charge in [0.15, 0.2) is 0 Å². The van der Waals surface area contributed by atoms with Crippen LogP contribution in [0.15, 0.2) is 71.3 Å². The number of hydrogen-bond acceptors (Lipinski definition) is 5. The SMILES string of the molecule is Cc1ccccc1-c1ccc(-c2nc(-c3ccc([C@H](C)NC(=O)OC(C)(C)C)cc3)no2)cc1C(F)(F)F. The van der Waals surface area contributed by atoms with Gasteiger partial charge in [-0.3, -0.25) is 0 Å². The smallest absolute Gasteiger partial charge is 0.417 e. The van der Waals surface area contributed by atoms with Crippen molar-refractivity contribution >= 4 is 6.09 Å². The Morgan fingerprint density at radius 2 is 1.61 bits per heavy atom. The molecular weight excluding hydrogens is 495 g/mol. The van der Waals surface area contributed by atoms with E-state index in [9.17, 15) is 18.0 Å². The molecule has 1 aromatic heterocycles. The number of amides is 1. The minimum Gasteiger partial charge on any atom is -0.444 e. The third kappa shape index (κ3) is 6.22. The first kappa shape index (κ1) is 26.9. The molecule has 4 aromatic rings. The van der Waals surface area contributed by atoms with E-state index in [0.29, 0.717) is 11.1 Å². The molecule has 0 saturated carbocycles. The summed E-state index contributed by atoms with van der Waals surface area (Å²) in [6.07, 6.45) is -5.10. The number of benzene rings is 3. The molecule has 38 heavy (non-hydrogen) atoms. The third-order valence-corrected chi connectivity index (χ3v) is 5.84. The van der Waals surface area contributed by atoms with Crippen LogP contribution in [0.5, 0.6) is 0 Å². The average Bonchev–Trinajstić information content (AvgIpc) is 3.33. The summed E-state index contributed by atoms with van der Waals surface area (Å²) in [5.74, 6) is 0.210. The van der Waals surface area contributed by atoms with Gasteiger partial charge in [0.2, 0.25) is 5.82 Å². The molecule has 198 valence electrons. The largest absolute Gasteiger partial charge is 0.444 e. The zero-order valence-electron chi connectivity index (χ0n) is 21.7. The van der Waals surface area contributed by atoms with Crippen molar-refractivity contribution < 1.29 is 27.2 Å². The maximum atomic E-state index is 14.0. The molecule has 0 unspecified atom stereocenters. The molecule has 1 heterocycles. The number of carbonyl (C=O) groups is 1. The number of carbonyl (C=O) groups excluding carboxylic acids is 1. The van der Waals surface area contributed by atoms with E-state index in [4.69, 9.17) is 9.26 Å². The van der Waals surface area contributed by atoms with Crippen molar-refractivity contribution in [3.63, 3.8) is 0 Å². The molecule has 0 aliphatic heterocycles. The van der Waals surface area contributed by atoms with Crippen molar-refractivity contribution in [1.29, 1.82) is 0 Å². The molecule has 1 N–H and O–H groups in total. The number of rotatable bonds is 5. The number of ether oxygens (including phenoxy) is 1. The van der Waals surface area contributed by atoms with Gasteiger partial charge in [-0.1, -0.05) is 59.8 Å². The fraction of sp³-hybridized carbons (Fsp3) is 0.276. The van der Waals surface area contributed by atoms with E-state index in [2.05, 4.69) is 15.5 Å². The van der Waals surface area contributed by atoms with E-state index in [0.717, 1.165) is 17.2 Å². The van der Waals surface area contributed by atoms with Gasteiger partial charge in [-0.05, 0) is 69.0 Å². The maximum Gasteiger partial charge on any atom is 0.417 e. The molecule has 1 atom stereocenters. The Labute approximate surface area is 218 Å². The molecule has 0 bridgehead atoms. The number of alkyl carbamates (subject to hydrolysis) is 1. The van der Waals surface area contributed by atoms with Gasteiger partial charge in [-0.2, -0.15) is 18.2 Å². The molecule has 4 rings (SSSR count). The van der Waals surface area contributed by atoms with Crippen LogP contribution < -0.4 is 5.32 Å². The molecule has 0 saturated heterocycles. The molecular formula is C29H28F3N3O3. The molecule has 0 aliphatic rings. The van der Waals surface area contributed by atoms with Crippen LogP contribution in [0.2, 0.25) is 0 Å². The van der Waals surface area contributed by atoms with Crippen molar-refractivity contribution in [2.45, 2.75) is 52.4 Å². The second-order valence-corrected chi connectivity index (χ2v) is 9.99. The molecule has 6 nitrogen and oxygen atoms in total. The van der Waals surface area contributed by atoms with E-state index in [-0.39, 0.29) is 28.9 Å². The Balaban J connectivity index is 1.56. The number of hydrogen-bond donors (Lipinski definition) is 1. The standard InChI is InChI=1S/C29H28F3N3O3/c1-17-8-6-7-9-22(17)23-15-14-21(16-24(23)29(30,31)32)26-34-25(35-38-26)20-12-10-19(11-13-20)18(2)33-27(36)37-28(3,4)5/h6-16,18H,1-5H3,(H,33,36)/t18-/m0/s1. The minimum atomic E-state index is -4.57. The topological polar surface area (TPSA) is 77.2 Å². The fourth-order valence-corrected chi connectivity index (χ4v) is 3.97. The van der Waals surface area contributed by atoms with E-state index in [1.54, 1.807) is 82.3 Å². The first-order chi connectivity index (χ1) is 17.8. The lowest BCUT2D eigenvalue weighted by Crippen LogP contribution is -2.34. The average molecular weight is 524 g/mol. The highest BCUT2D eigenvalue weighted by Crippen LogP contribution is 2.40. The van der Waals surface area contributed by atoms with Crippen molar-refractivity contribution in [1.82, 2.24) is 15.5 Å². The van der Waals surface area contributed by atoms with E-state index in [1.807, 2.05) is 6.92 Å². The van der Waals surface area contributed by atoms with E-state index < -0.39 is 23.4 Å². The number of nitrogens with one attached hydrogen (secondary N) is 1. The van der Waals surface area contributed by atoms with Gasteiger partial charge in [0.1, 0.15) is 5.60 Å². The van der Waals surface area contributed by atoms with Crippen LogP contribution in [0.4, 0.5) is 18.0 Å². The van der Waals surface area contributed by atoms with Crippen LogP contribution in [0, 0.1) is 6.92 Å². The molecule has 0 radical (unpaired) electrons. The van der Waals surface area contributed by atoms with Gasteiger partial charge in [-0.15, -0.1) is 0 Å². The number of halogens is 3. The van der Waals surface area contributed by atoms with Crippen LogP contribution >= 0.6 is 0 Å². The summed E-state index contributed by atoms with van der Waals surface area (Å²) in [6.45, 7) is 8.95. The van der Waals surface area contributed by atoms with Crippen molar-refractivity contribution in [2.24, 2.45) is 0 Å². The number of nitrogens with zero attached hydrogens (tertiary/aromatic N) is 2. The minimum absolute atomic E-state index is 0.0223. The highest BCUT2D eigenvalue weighted by Gasteiger charge is 2.34. The Kier molecular flexibility index (Phi) is 7.31. The summed E-state index contributed by atoms with van der Waals surface area (Å²) in [5, 5.41) is 6.73. The predicted octanol–water partition coefficient (Wildman–Crippen LogP) is 7.98. The fourth-order valence-electron chi connectivity index (χ4n) is 3.97. The van der Waals surface area contributed by atoms with Gasteiger partial charge in [0.05, 0.1) is 11.6 Å². The van der Waals surface area contributed by atoms with E-state index in [1.165, 1.54) is 6.07 Å². The summed E-state index contributed by atoms with van der Waals surface area (Å²) < 4.78 is 52.6. The quantitative estimate of drug-likeness (QED) is 0.287. The Morgan fingerprint density at radius 3 is 2.24 bits per heavy atom. The zero-order valence-corrected chi connectivity index (χ0v) is 21.7. The summed E-state index contributed by atoms with van der Waals surface area (Å²) in [6, 6.07) is 17.7. The molecule has 1 amide bonds. The molecule has 0 aliphatic carbocycles. The van der Waals surface area contributed by atoms with Crippen LogP contribution in [0.3, 0.4) is 0 Å². The highest BCUT2D eigenvalue weighted by atomic mass is 19.4. The lowest BCUT2D eigenvalue weighted by molar-refractivity contribution is -0.137. The van der Waals surface area contributed by atoms with Gasteiger partial charge in [0, 0.05) is 11.1 Å². The van der Waals surface area contributed by atoms with Gasteiger partial charge >= 0.3 is 12.3 Å². The number of aromatic nitrogens is 2. The Hall–Kier alpha value is -4.14. The molecule has 0 spiro atoms. The normalized spacial score (nSPS) is 12.7. The lowest BCUT2D eigenvalue weighted by Gasteiger charge is -2.22. The van der Waals surface area contributed by atoms with Gasteiger partial charge in [-0.25, -0.2) is 4.79 Å². The maximum absolute atomic E-state index is 14.0. The monoisotopic (exact) mass is 523 g/mol. The number of aryl methyl sites for hydroxylation is 1. The predicted molar refractivity (Wildman–Crippen MR) is 138 cm³/mol. The van der Waals surface area contributed by atoms with Crippen molar-refractivity contribution in [3.05, 3.63) is 83.4 Å². The summed E-state index contributed by atoms with van der Waals surface area (Å²) >= 11 is 0. The third-order valence-electron chi connectivity index (χ3n) is 5.84. The highest BCUT2D eigenvalue weighted by molar-refractivity contribution is 5.74. The summed E-state index contributed by atoms with van der Waals surface area (Å²) in [7, 11) is 0. The molecule has 9 heteroatoms. The van der Waals surface area contributed by atoms with Crippen LogP contribution in [-0.4, -0.2) is 21.8 Å². The second-order valence-electron chi connectivity index (χ2n) is 9.99. The molecule has 3 aromatic carbocycles. The first-order valence-corrected chi connectivity index (χ1v) is 12.0. The zero-order chi connectivity index (χ0) is 27.7. The number of alkyl halides is 3.